The molecule has 0 aliphatic rings. The molecule has 0 aliphatic carbocycles. The van der Waals surface area contributed by atoms with Crippen molar-refractivity contribution in [1.29, 1.82) is 0 Å². The number of ether oxygens (including phenoxy) is 1. The number of methoxy groups -OCH3 is 1. The second-order valence-corrected chi connectivity index (χ2v) is 5.78. The first-order valence-corrected chi connectivity index (χ1v) is 6.62. The summed E-state index contributed by atoms with van der Waals surface area (Å²) in [6, 6.07) is 10.5. The van der Waals surface area contributed by atoms with Crippen molar-refractivity contribution in [3.8, 4) is 0 Å². The molecule has 2 heteroatoms. The molecule has 0 radical (unpaired) electrons. The average molecular weight is 330 g/mol. The van der Waals surface area contributed by atoms with Crippen LogP contribution < -0.4 is 0 Å². The minimum absolute atomic E-state index is 0.257. The molecule has 16 heavy (non-hydrogen) atoms. The molecule has 0 saturated heterocycles. The summed E-state index contributed by atoms with van der Waals surface area (Å²) in [5.74, 6) is 0.446. The SMILES string of the molecule is CO[C@@H](Cc1ccccc1)[C@@H](C)/C=C(\C)I. The van der Waals surface area contributed by atoms with Gasteiger partial charge in [-0.3, -0.25) is 0 Å². The fraction of sp³-hybridized carbons (Fsp3) is 0.429. The summed E-state index contributed by atoms with van der Waals surface area (Å²) in [4.78, 5) is 0. The van der Waals surface area contributed by atoms with Crippen molar-refractivity contribution in [3.05, 3.63) is 45.6 Å². The number of benzene rings is 1. The Labute approximate surface area is 112 Å². The van der Waals surface area contributed by atoms with Crippen molar-refractivity contribution < 1.29 is 4.74 Å². The van der Waals surface area contributed by atoms with Crippen LogP contribution in [0.5, 0.6) is 0 Å². The van der Waals surface area contributed by atoms with Crippen LogP contribution in [0.1, 0.15) is 19.4 Å². The predicted octanol–water partition coefficient (Wildman–Crippen LogP) is 4.22. The third kappa shape index (κ3) is 4.66. The first-order valence-electron chi connectivity index (χ1n) is 5.54. The highest BCUT2D eigenvalue weighted by Gasteiger charge is 2.15. The summed E-state index contributed by atoms with van der Waals surface area (Å²) in [5, 5.41) is 0. The standard InChI is InChI=1S/C14H19IO/c1-11(9-12(2)15)14(16-3)10-13-7-5-4-6-8-13/h4-9,11,14H,10H2,1-3H3/b12-9+/t11-,14-/m0/s1. The van der Waals surface area contributed by atoms with Crippen molar-refractivity contribution in [3.63, 3.8) is 0 Å². The van der Waals surface area contributed by atoms with Crippen LogP contribution in [-0.2, 0) is 11.2 Å². The van der Waals surface area contributed by atoms with Gasteiger partial charge in [0.2, 0.25) is 0 Å². The van der Waals surface area contributed by atoms with Gasteiger partial charge in [-0.15, -0.1) is 0 Å². The van der Waals surface area contributed by atoms with Gasteiger partial charge < -0.3 is 4.74 Å². The molecule has 0 spiro atoms. The third-order valence-electron chi connectivity index (χ3n) is 2.66. The van der Waals surface area contributed by atoms with Gasteiger partial charge in [-0.05, 0) is 45.1 Å². The summed E-state index contributed by atoms with van der Waals surface area (Å²) in [7, 11) is 1.79. The van der Waals surface area contributed by atoms with E-state index in [1.807, 2.05) is 6.07 Å². The molecule has 1 nitrogen and oxygen atoms in total. The number of halogens is 1. The van der Waals surface area contributed by atoms with E-state index in [9.17, 15) is 0 Å². The molecular formula is C14H19IO. The Hall–Kier alpha value is -0.350. The van der Waals surface area contributed by atoms with Gasteiger partial charge in [0, 0.05) is 13.0 Å². The molecule has 0 unspecified atom stereocenters. The first-order chi connectivity index (χ1) is 7.63. The highest BCUT2D eigenvalue weighted by molar-refractivity contribution is 14.1. The van der Waals surface area contributed by atoms with Crippen molar-refractivity contribution in [2.45, 2.75) is 26.4 Å². The van der Waals surface area contributed by atoms with E-state index in [-0.39, 0.29) is 6.10 Å². The summed E-state index contributed by atoms with van der Waals surface area (Å²) in [6.07, 6.45) is 3.49. The van der Waals surface area contributed by atoms with E-state index in [2.05, 4.69) is 66.8 Å². The van der Waals surface area contributed by atoms with Gasteiger partial charge in [-0.25, -0.2) is 0 Å². The Morgan fingerprint density at radius 2 is 2.00 bits per heavy atom. The van der Waals surface area contributed by atoms with Crippen molar-refractivity contribution in [2.24, 2.45) is 5.92 Å². The topological polar surface area (TPSA) is 9.23 Å². The maximum Gasteiger partial charge on any atom is 0.0671 e. The summed E-state index contributed by atoms with van der Waals surface area (Å²) < 4.78 is 6.89. The van der Waals surface area contributed by atoms with Gasteiger partial charge in [-0.2, -0.15) is 0 Å². The molecule has 0 heterocycles. The van der Waals surface area contributed by atoms with E-state index < -0.39 is 0 Å². The normalized spacial score (nSPS) is 15.9. The summed E-state index contributed by atoms with van der Waals surface area (Å²) in [5.41, 5.74) is 1.33. The van der Waals surface area contributed by atoms with E-state index in [4.69, 9.17) is 4.74 Å². The summed E-state index contributed by atoms with van der Waals surface area (Å²) in [6.45, 7) is 4.32. The Balaban J connectivity index is 2.66. The first kappa shape index (κ1) is 13.7. The summed E-state index contributed by atoms with van der Waals surface area (Å²) >= 11 is 2.34. The molecule has 1 rings (SSSR count). The molecular weight excluding hydrogens is 311 g/mol. The van der Waals surface area contributed by atoms with Crippen LogP contribution in [0, 0.1) is 5.92 Å². The average Bonchev–Trinajstić information content (AvgIpc) is 2.26. The molecule has 0 saturated carbocycles. The molecule has 0 fully saturated rings. The largest absolute Gasteiger partial charge is 0.381 e. The van der Waals surface area contributed by atoms with Crippen LogP contribution in [0.4, 0.5) is 0 Å². The molecule has 0 aromatic heterocycles. The lowest BCUT2D eigenvalue weighted by Crippen LogP contribution is -2.21. The maximum absolute atomic E-state index is 5.57. The van der Waals surface area contributed by atoms with Crippen LogP contribution in [-0.4, -0.2) is 13.2 Å². The Morgan fingerprint density at radius 1 is 1.38 bits per heavy atom. The number of rotatable bonds is 5. The molecule has 1 aromatic rings. The van der Waals surface area contributed by atoms with Crippen LogP contribution in [0.15, 0.2) is 40.0 Å². The molecule has 2 atom stereocenters. The molecule has 1 aromatic carbocycles. The van der Waals surface area contributed by atoms with Gasteiger partial charge in [0.05, 0.1) is 6.10 Å². The molecule has 0 bridgehead atoms. The zero-order valence-corrected chi connectivity index (χ0v) is 12.3. The van der Waals surface area contributed by atoms with Crippen LogP contribution in [0.2, 0.25) is 0 Å². The zero-order chi connectivity index (χ0) is 12.0. The Bertz CT molecular complexity index is 328. The number of allylic oxidation sites excluding steroid dienone is 1. The number of hydrogen-bond donors (Lipinski definition) is 0. The van der Waals surface area contributed by atoms with Gasteiger partial charge >= 0.3 is 0 Å². The van der Waals surface area contributed by atoms with Gasteiger partial charge in [-0.1, -0.05) is 43.3 Å². The Morgan fingerprint density at radius 3 is 2.50 bits per heavy atom. The second kappa shape index (κ2) is 7.07. The van der Waals surface area contributed by atoms with Crippen molar-refractivity contribution >= 4 is 22.6 Å². The highest BCUT2D eigenvalue weighted by atomic mass is 127. The quantitative estimate of drug-likeness (QED) is 0.735. The fourth-order valence-corrected chi connectivity index (χ4v) is 2.37. The maximum atomic E-state index is 5.57. The van der Waals surface area contributed by atoms with E-state index in [1.54, 1.807) is 7.11 Å². The van der Waals surface area contributed by atoms with E-state index in [0.717, 1.165) is 6.42 Å². The van der Waals surface area contributed by atoms with Gasteiger partial charge in [0.25, 0.3) is 0 Å². The van der Waals surface area contributed by atoms with Gasteiger partial charge in [0.1, 0.15) is 0 Å². The molecule has 88 valence electrons. The number of hydrogen-bond acceptors (Lipinski definition) is 1. The zero-order valence-electron chi connectivity index (χ0n) is 10.1. The van der Waals surface area contributed by atoms with Crippen molar-refractivity contribution in [2.75, 3.05) is 7.11 Å². The lowest BCUT2D eigenvalue weighted by atomic mass is 9.97. The lowest BCUT2D eigenvalue weighted by molar-refractivity contribution is 0.0746. The second-order valence-electron chi connectivity index (χ2n) is 4.08. The lowest BCUT2D eigenvalue weighted by Gasteiger charge is -2.20. The van der Waals surface area contributed by atoms with Crippen LogP contribution in [0.3, 0.4) is 0 Å². The predicted molar refractivity (Wildman–Crippen MR) is 77.9 cm³/mol. The fourth-order valence-electron chi connectivity index (χ4n) is 1.80. The van der Waals surface area contributed by atoms with E-state index >= 15 is 0 Å². The smallest absolute Gasteiger partial charge is 0.0671 e. The Kier molecular flexibility index (Phi) is 6.06. The van der Waals surface area contributed by atoms with Crippen LogP contribution in [0.25, 0.3) is 0 Å². The third-order valence-corrected chi connectivity index (χ3v) is 3.02. The molecule has 0 N–H and O–H groups in total. The highest BCUT2D eigenvalue weighted by Crippen LogP contribution is 2.18. The molecule has 0 aliphatic heterocycles. The minimum atomic E-state index is 0.257. The van der Waals surface area contributed by atoms with Crippen LogP contribution >= 0.6 is 22.6 Å². The minimum Gasteiger partial charge on any atom is -0.381 e. The van der Waals surface area contributed by atoms with Gasteiger partial charge in [0.15, 0.2) is 0 Å². The van der Waals surface area contributed by atoms with Crippen molar-refractivity contribution in [1.82, 2.24) is 0 Å². The molecule has 0 amide bonds. The van der Waals surface area contributed by atoms with E-state index in [0.29, 0.717) is 5.92 Å². The monoisotopic (exact) mass is 330 g/mol. The van der Waals surface area contributed by atoms with E-state index in [1.165, 1.54) is 9.14 Å².